The molecule has 2 atom stereocenters. The van der Waals surface area contributed by atoms with E-state index < -0.39 is 10.0 Å². The standard InChI is InChI=1S/C15H26N2O2S/c1-12(2)14(11-16)10-9-13(3)17-20(18,19)15-7-5-4-6-8-15/h4-8,12-14,17H,9-11,16H2,1-3H3/t13-,14-/m1/s1. The van der Waals surface area contributed by atoms with Crippen LogP contribution in [0.25, 0.3) is 0 Å². The van der Waals surface area contributed by atoms with E-state index in [0.717, 1.165) is 12.8 Å². The normalized spacial score (nSPS) is 15.2. The number of nitrogens with two attached hydrogens (primary N) is 1. The van der Waals surface area contributed by atoms with E-state index in [9.17, 15) is 8.42 Å². The van der Waals surface area contributed by atoms with Crippen LogP contribution in [0.15, 0.2) is 35.2 Å². The summed E-state index contributed by atoms with van der Waals surface area (Å²) in [6, 6.07) is 8.37. The number of rotatable bonds is 8. The fourth-order valence-corrected chi connectivity index (χ4v) is 3.48. The molecule has 0 unspecified atom stereocenters. The Hall–Kier alpha value is -0.910. The molecule has 0 aliphatic carbocycles. The first-order valence-electron chi connectivity index (χ1n) is 7.14. The molecule has 0 saturated heterocycles. The molecule has 5 heteroatoms. The molecule has 3 N–H and O–H groups in total. The second-order valence-corrected chi connectivity index (χ2v) is 7.37. The van der Waals surface area contributed by atoms with Crippen LogP contribution in [0.1, 0.15) is 33.6 Å². The second-order valence-electron chi connectivity index (χ2n) is 5.65. The van der Waals surface area contributed by atoms with Gasteiger partial charge >= 0.3 is 0 Å². The van der Waals surface area contributed by atoms with Crippen molar-refractivity contribution in [2.24, 2.45) is 17.6 Å². The van der Waals surface area contributed by atoms with Crippen LogP contribution in [0.5, 0.6) is 0 Å². The summed E-state index contributed by atoms with van der Waals surface area (Å²) in [5.41, 5.74) is 5.74. The molecule has 0 heterocycles. The molecule has 4 nitrogen and oxygen atoms in total. The largest absolute Gasteiger partial charge is 0.330 e. The predicted octanol–water partition coefficient (Wildman–Crippen LogP) is 2.36. The topological polar surface area (TPSA) is 72.2 Å². The van der Waals surface area contributed by atoms with E-state index in [1.165, 1.54) is 0 Å². The molecule has 1 rings (SSSR count). The van der Waals surface area contributed by atoms with Gasteiger partial charge in [-0.3, -0.25) is 0 Å². The van der Waals surface area contributed by atoms with E-state index >= 15 is 0 Å². The third-order valence-electron chi connectivity index (χ3n) is 3.63. The van der Waals surface area contributed by atoms with Crippen molar-refractivity contribution in [3.63, 3.8) is 0 Å². The molecule has 114 valence electrons. The van der Waals surface area contributed by atoms with Crippen LogP contribution in [0.3, 0.4) is 0 Å². The van der Waals surface area contributed by atoms with Gasteiger partial charge in [0.1, 0.15) is 0 Å². The van der Waals surface area contributed by atoms with E-state index in [0.29, 0.717) is 23.3 Å². The Morgan fingerprint density at radius 3 is 2.20 bits per heavy atom. The van der Waals surface area contributed by atoms with E-state index in [2.05, 4.69) is 18.6 Å². The Kier molecular flexibility index (Phi) is 6.65. The van der Waals surface area contributed by atoms with E-state index in [1.807, 2.05) is 6.92 Å². The highest BCUT2D eigenvalue weighted by Gasteiger charge is 2.18. The van der Waals surface area contributed by atoms with Gasteiger partial charge in [-0.05, 0) is 50.3 Å². The second kappa shape index (κ2) is 7.76. The first-order valence-corrected chi connectivity index (χ1v) is 8.62. The molecule has 0 bridgehead atoms. The minimum atomic E-state index is -3.42. The number of benzene rings is 1. The first-order chi connectivity index (χ1) is 9.36. The van der Waals surface area contributed by atoms with E-state index in [4.69, 9.17) is 5.73 Å². The fourth-order valence-electron chi connectivity index (χ4n) is 2.18. The zero-order chi connectivity index (χ0) is 15.2. The van der Waals surface area contributed by atoms with Crippen molar-refractivity contribution in [1.82, 2.24) is 4.72 Å². The van der Waals surface area contributed by atoms with Crippen LogP contribution in [0, 0.1) is 11.8 Å². The molecule has 0 aromatic heterocycles. The molecule has 0 saturated carbocycles. The van der Waals surface area contributed by atoms with Gasteiger partial charge in [0.2, 0.25) is 10.0 Å². The summed E-state index contributed by atoms with van der Waals surface area (Å²) in [5, 5.41) is 0. The molecule has 0 spiro atoms. The van der Waals surface area contributed by atoms with Gasteiger partial charge in [0, 0.05) is 6.04 Å². The SMILES string of the molecule is CC(C)[C@@H](CN)CC[C@@H](C)NS(=O)(=O)c1ccccc1. The van der Waals surface area contributed by atoms with Gasteiger partial charge in [-0.15, -0.1) is 0 Å². The summed E-state index contributed by atoms with van der Waals surface area (Å²) in [7, 11) is -3.42. The van der Waals surface area contributed by atoms with Crippen molar-refractivity contribution < 1.29 is 8.42 Å². The Labute approximate surface area is 122 Å². The molecule has 1 aromatic rings. The van der Waals surface area contributed by atoms with Crippen LogP contribution in [-0.4, -0.2) is 21.0 Å². The molecular weight excluding hydrogens is 272 g/mol. The Balaban J connectivity index is 2.56. The van der Waals surface area contributed by atoms with Crippen molar-refractivity contribution in [3.8, 4) is 0 Å². The lowest BCUT2D eigenvalue weighted by molar-refractivity contribution is 0.346. The van der Waals surface area contributed by atoms with Gasteiger partial charge in [-0.2, -0.15) is 0 Å². The highest BCUT2D eigenvalue weighted by Crippen LogP contribution is 2.17. The molecule has 0 amide bonds. The minimum absolute atomic E-state index is 0.0898. The zero-order valence-corrected chi connectivity index (χ0v) is 13.4. The molecule has 0 fully saturated rings. The van der Waals surface area contributed by atoms with Crippen LogP contribution >= 0.6 is 0 Å². The van der Waals surface area contributed by atoms with E-state index in [-0.39, 0.29) is 6.04 Å². The maximum Gasteiger partial charge on any atom is 0.240 e. The van der Waals surface area contributed by atoms with Gasteiger partial charge in [-0.1, -0.05) is 32.0 Å². The fraction of sp³-hybridized carbons (Fsp3) is 0.600. The van der Waals surface area contributed by atoms with Crippen molar-refractivity contribution in [1.29, 1.82) is 0 Å². The quantitative estimate of drug-likeness (QED) is 0.774. The lowest BCUT2D eigenvalue weighted by atomic mass is 9.90. The van der Waals surface area contributed by atoms with E-state index in [1.54, 1.807) is 30.3 Å². The number of hydrogen-bond acceptors (Lipinski definition) is 3. The smallest absolute Gasteiger partial charge is 0.240 e. The Morgan fingerprint density at radius 1 is 1.10 bits per heavy atom. The van der Waals surface area contributed by atoms with Gasteiger partial charge in [-0.25, -0.2) is 13.1 Å². The van der Waals surface area contributed by atoms with Gasteiger partial charge < -0.3 is 5.73 Å². The molecule has 0 aliphatic rings. The zero-order valence-electron chi connectivity index (χ0n) is 12.5. The van der Waals surface area contributed by atoms with Crippen molar-refractivity contribution in [2.75, 3.05) is 6.54 Å². The summed E-state index contributed by atoms with van der Waals surface area (Å²) in [6.07, 6.45) is 1.73. The average Bonchev–Trinajstić information content (AvgIpc) is 2.39. The summed E-state index contributed by atoms with van der Waals surface area (Å²) in [4.78, 5) is 0.311. The van der Waals surface area contributed by atoms with Crippen LogP contribution < -0.4 is 10.5 Å². The molecular formula is C15H26N2O2S. The molecule has 0 aliphatic heterocycles. The van der Waals surface area contributed by atoms with Gasteiger partial charge in [0.25, 0.3) is 0 Å². The highest BCUT2D eigenvalue weighted by atomic mass is 32.2. The molecule has 0 radical (unpaired) electrons. The average molecular weight is 298 g/mol. The van der Waals surface area contributed by atoms with Crippen LogP contribution in [0.4, 0.5) is 0 Å². The third-order valence-corrected chi connectivity index (χ3v) is 5.23. The maximum absolute atomic E-state index is 12.2. The molecule has 1 aromatic carbocycles. The highest BCUT2D eigenvalue weighted by molar-refractivity contribution is 7.89. The first kappa shape index (κ1) is 17.1. The van der Waals surface area contributed by atoms with Crippen molar-refractivity contribution in [2.45, 2.75) is 44.6 Å². The number of nitrogens with one attached hydrogen (secondary N) is 1. The van der Waals surface area contributed by atoms with Crippen LogP contribution in [0.2, 0.25) is 0 Å². The third kappa shape index (κ3) is 5.23. The summed E-state index contributed by atoms with van der Waals surface area (Å²) in [6.45, 7) is 6.84. The summed E-state index contributed by atoms with van der Waals surface area (Å²) < 4.78 is 27.0. The van der Waals surface area contributed by atoms with Gasteiger partial charge in [0.15, 0.2) is 0 Å². The Bertz CT molecular complexity index is 486. The monoisotopic (exact) mass is 298 g/mol. The summed E-state index contributed by atoms with van der Waals surface area (Å²) in [5.74, 6) is 0.969. The number of sulfonamides is 1. The number of hydrogen-bond donors (Lipinski definition) is 2. The summed E-state index contributed by atoms with van der Waals surface area (Å²) >= 11 is 0. The Morgan fingerprint density at radius 2 is 1.70 bits per heavy atom. The molecule has 20 heavy (non-hydrogen) atoms. The van der Waals surface area contributed by atoms with Crippen LogP contribution in [-0.2, 0) is 10.0 Å². The van der Waals surface area contributed by atoms with Crippen molar-refractivity contribution in [3.05, 3.63) is 30.3 Å². The van der Waals surface area contributed by atoms with Crippen molar-refractivity contribution >= 4 is 10.0 Å². The van der Waals surface area contributed by atoms with Gasteiger partial charge in [0.05, 0.1) is 4.90 Å². The lowest BCUT2D eigenvalue weighted by Gasteiger charge is -2.21. The minimum Gasteiger partial charge on any atom is -0.330 e. The predicted molar refractivity (Wildman–Crippen MR) is 82.8 cm³/mol. The maximum atomic E-state index is 12.2. The lowest BCUT2D eigenvalue weighted by Crippen LogP contribution is -2.33.